The van der Waals surface area contributed by atoms with Gasteiger partial charge in [0.25, 0.3) is 0 Å². The van der Waals surface area contributed by atoms with Crippen molar-refractivity contribution in [2.75, 3.05) is 11.9 Å². The van der Waals surface area contributed by atoms with Gasteiger partial charge in [-0.2, -0.15) is 0 Å². The second-order valence-electron chi connectivity index (χ2n) is 4.42. The maximum Gasteiger partial charge on any atom is 0.338 e. The number of carbonyl (C=O) groups excluding carboxylic acids is 1. The minimum Gasteiger partial charge on any atom is -0.462 e. The van der Waals surface area contributed by atoms with Crippen LogP contribution in [-0.2, 0) is 11.3 Å². The summed E-state index contributed by atoms with van der Waals surface area (Å²) in [4.78, 5) is 16.0. The minimum absolute atomic E-state index is 0.270. The molecule has 2 aromatic rings. The third kappa shape index (κ3) is 4.06. The van der Waals surface area contributed by atoms with Crippen LogP contribution in [0.5, 0.6) is 0 Å². The molecule has 1 aromatic heterocycles. The monoisotopic (exact) mass is 290 g/mol. The normalized spacial score (nSPS) is 10.3. The molecule has 5 heteroatoms. The lowest BCUT2D eigenvalue weighted by Gasteiger charge is -2.06. The molecule has 1 heterocycles. The van der Waals surface area contributed by atoms with Gasteiger partial charge >= 0.3 is 5.97 Å². The zero-order valence-corrected chi connectivity index (χ0v) is 12.5. The first-order chi connectivity index (χ1) is 9.69. The van der Waals surface area contributed by atoms with Crippen LogP contribution in [0.4, 0.5) is 5.69 Å². The van der Waals surface area contributed by atoms with Crippen LogP contribution in [0.15, 0.2) is 29.6 Å². The first kappa shape index (κ1) is 14.5. The molecule has 0 bridgehead atoms. The number of carbonyl (C=O) groups is 1. The van der Waals surface area contributed by atoms with E-state index in [1.165, 1.54) is 0 Å². The van der Waals surface area contributed by atoms with E-state index in [-0.39, 0.29) is 5.97 Å². The molecule has 20 heavy (non-hydrogen) atoms. The van der Waals surface area contributed by atoms with Crippen LogP contribution < -0.4 is 5.32 Å². The smallest absolute Gasteiger partial charge is 0.338 e. The van der Waals surface area contributed by atoms with Crippen LogP contribution in [0.25, 0.3) is 0 Å². The fourth-order valence-electron chi connectivity index (χ4n) is 1.68. The highest BCUT2D eigenvalue weighted by atomic mass is 32.1. The highest BCUT2D eigenvalue weighted by Crippen LogP contribution is 2.13. The molecule has 0 spiro atoms. The average molecular weight is 290 g/mol. The van der Waals surface area contributed by atoms with E-state index in [0.717, 1.165) is 22.8 Å². The third-order valence-corrected chi connectivity index (χ3v) is 3.52. The summed E-state index contributed by atoms with van der Waals surface area (Å²) in [5, 5.41) is 6.38. The molecule has 0 atom stereocenters. The quantitative estimate of drug-likeness (QED) is 0.825. The topological polar surface area (TPSA) is 51.2 Å². The molecule has 4 nitrogen and oxygen atoms in total. The molecule has 0 aliphatic heterocycles. The van der Waals surface area contributed by atoms with Gasteiger partial charge in [-0.15, -0.1) is 11.3 Å². The number of nitrogens with one attached hydrogen (secondary N) is 1. The summed E-state index contributed by atoms with van der Waals surface area (Å²) in [6, 6.07) is 7.29. The van der Waals surface area contributed by atoms with Crippen molar-refractivity contribution in [3.8, 4) is 0 Å². The summed E-state index contributed by atoms with van der Waals surface area (Å²) in [5.74, 6) is -0.270. The summed E-state index contributed by atoms with van der Waals surface area (Å²) >= 11 is 1.64. The Morgan fingerprint density at radius 3 is 2.70 bits per heavy atom. The number of thiazole rings is 1. The molecule has 0 aliphatic carbocycles. The van der Waals surface area contributed by atoms with Gasteiger partial charge in [-0.25, -0.2) is 9.78 Å². The highest BCUT2D eigenvalue weighted by Gasteiger charge is 2.06. The maximum absolute atomic E-state index is 11.6. The van der Waals surface area contributed by atoms with Crippen molar-refractivity contribution in [2.45, 2.75) is 26.8 Å². The van der Waals surface area contributed by atoms with Crippen molar-refractivity contribution in [1.29, 1.82) is 0 Å². The molecule has 0 amide bonds. The van der Waals surface area contributed by atoms with E-state index in [4.69, 9.17) is 4.74 Å². The SMILES string of the molecule is CCCOC(=O)c1ccc(NCc2csc(C)n2)cc1. The predicted molar refractivity (Wildman–Crippen MR) is 81.2 cm³/mol. The zero-order valence-electron chi connectivity index (χ0n) is 11.7. The molecule has 1 aromatic carbocycles. The number of anilines is 1. The van der Waals surface area contributed by atoms with Crippen molar-refractivity contribution in [3.63, 3.8) is 0 Å². The molecular weight excluding hydrogens is 272 g/mol. The Labute approximate surface area is 122 Å². The van der Waals surface area contributed by atoms with Gasteiger partial charge in [0.2, 0.25) is 0 Å². The standard InChI is InChI=1S/C15H18N2O2S/c1-3-8-19-15(18)12-4-6-13(7-5-12)16-9-14-10-20-11(2)17-14/h4-7,10,16H,3,8-9H2,1-2H3. The fraction of sp³-hybridized carbons (Fsp3) is 0.333. The first-order valence-electron chi connectivity index (χ1n) is 6.61. The summed E-state index contributed by atoms with van der Waals surface area (Å²) < 4.78 is 5.08. The van der Waals surface area contributed by atoms with Crippen LogP contribution in [0.2, 0.25) is 0 Å². The van der Waals surface area contributed by atoms with Gasteiger partial charge < -0.3 is 10.1 Å². The summed E-state index contributed by atoms with van der Waals surface area (Å²) in [7, 11) is 0. The lowest BCUT2D eigenvalue weighted by atomic mass is 10.2. The Bertz CT molecular complexity index is 564. The molecule has 0 unspecified atom stereocenters. The Balaban J connectivity index is 1.89. The number of ether oxygens (including phenoxy) is 1. The number of rotatable bonds is 6. The average Bonchev–Trinajstić information content (AvgIpc) is 2.89. The first-order valence-corrected chi connectivity index (χ1v) is 7.49. The van der Waals surface area contributed by atoms with Crippen molar-refractivity contribution < 1.29 is 9.53 Å². The molecular formula is C15H18N2O2S. The van der Waals surface area contributed by atoms with Crippen LogP contribution in [0, 0.1) is 6.92 Å². The number of hydrogen-bond donors (Lipinski definition) is 1. The number of benzene rings is 1. The Hall–Kier alpha value is -1.88. The number of esters is 1. The van der Waals surface area contributed by atoms with Gasteiger partial charge in [-0.1, -0.05) is 6.92 Å². The minimum atomic E-state index is -0.270. The number of aryl methyl sites for hydroxylation is 1. The third-order valence-electron chi connectivity index (χ3n) is 2.70. The number of aromatic nitrogens is 1. The van der Waals surface area contributed by atoms with Crippen LogP contribution in [-0.4, -0.2) is 17.6 Å². The maximum atomic E-state index is 11.6. The Morgan fingerprint density at radius 1 is 1.35 bits per heavy atom. The van der Waals surface area contributed by atoms with Gasteiger partial charge in [0.15, 0.2) is 0 Å². The van der Waals surface area contributed by atoms with E-state index in [1.54, 1.807) is 23.5 Å². The van der Waals surface area contributed by atoms with Crippen molar-refractivity contribution in [2.24, 2.45) is 0 Å². The summed E-state index contributed by atoms with van der Waals surface area (Å²) in [6.07, 6.45) is 0.832. The zero-order chi connectivity index (χ0) is 14.4. The predicted octanol–water partition coefficient (Wildman–Crippen LogP) is 3.63. The van der Waals surface area contributed by atoms with Crippen molar-refractivity contribution >= 4 is 23.0 Å². The van der Waals surface area contributed by atoms with E-state index >= 15 is 0 Å². The largest absolute Gasteiger partial charge is 0.462 e. The van der Waals surface area contributed by atoms with E-state index in [1.807, 2.05) is 31.4 Å². The molecule has 0 saturated heterocycles. The van der Waals surface area contributed by atoms with Crippen molar-refractivity contribution in [3.05, 3.63) is 45.9 Å². The van der Waals surface area contributed by atoms with Crippen LogP contribution in [0.1, 0.15) is 34.4 Å². The number of hydrogen-bond acceptors (Lipinski definition) is 5. The molecule has 1 N–H and O–H groups in total. The molecule has 2 rings (SSSR count). The van der Waals surface area contributed by atoms with Gasteiger partial charge in [0.05, 0.1) is 29.4 Å². The molecule has 0 fully saturated rings. The van der Waals surface area contributed by atoms with Gasteiger partial charge in [0.1, 0.15) is 0 Å². The Morgan fingerprint density at radius 2 is 2.10 bits per heavy atom. The van der Waals surface area contributed by atoms with Crippen molar-refractivity contribution in [1.82, 2.24) is 4.98 Å². The van der Waals surface area contributed by atoms with Gasteiger partial charge in [0, 0.05) is 11.1 Å². The van der Waals surface area contributed by atoms with Crippen LogP contribution >= 0.6 is 11.3 Å². The molecule has 106 valence electrons. The molecule has 0 saturated carbocycles. The van der Waals surface area contributed by atoms with E-state index in [2.05, 4.69) is 10.3 Å². The summed E-state index contributed by atoms with van der Waals surface area (Å²) in [5.41, 5.74) is 2.56. The van der Waals surface area contributed by atoms with Crippen LogP contribution in [0.3, 0.4) is 0 Å². The molecule has 0 aliphatic rings. The lowest BCUT2D eigenvalue weighted by molar-refractivity contribution is 0.0505. The van der Waals surface area contributed by atoms with Gasteiger partial charge in [-0.05, 0) is 37.6 Å². The van der Waals surface area contributed by atoms with E-state index < -0.39 is 0 Å². The highest BCUT2D eigenvalue weighted by molar-refractivity contribution is 7.09. The van der Waals surface area contributed by atoms with Gasteiger partial charge in [-0.3, -0.25) is 0 Å². The second kappa shape index (κ2) is 7.05. The Kier molecular flexibility index (Phi) is 5.12. The fourth-order valence-corrected chi connectivity index (χ4v) is 2.30. The number of nitrogens with zero attached hydrogens (tertiary/aromatic N) is 1. The molecule has 0 radical (unpaired) electrons. The van der Waals surface area contributed by atoms with E-state index in [9.17, 15) is 4.79 Å². The summed E-state index contributed by atoms with van der Waals surface area (Å²) in [6.45, 7) is 5.11. The van der Waals surface area contributed by atoms with E-state index in [0.29, 0.717) is 18.7 Å². The lowest BCUT2D eigenvalue weighted by Crippen LogP contribution is -2.06. The second-order valence-corrected chi connectivity index (χ2v) is 5.49.